The van der Waals surface area contributed by atoms with Crippen molar-refractivity contribution in [3.05, 3.63) is 29.8 Å². The summed E-state index contributed by atoms with van der Waals surface area (Å²) in [4.78, 5) is 26.6. The van der Waals surface area contributed by atoms with E-state index in [-0.39, 0.29) is 11.8 Å². The van der Waals surface area contributed by atoms with Crippen molar-refractivity contribution in [2.75, 3.05) is 18.0 Å². The van der Waals surface area contributed by atoms with Gasteiger partial charge in [0.15, 0.2) is 0 Å². The highest BCUT2D eigenvalue weighted by Crippen LogP contribution is 2.22. The first-order valence-electron chi connectivity index (χ1n) is 8.14. The lowest BCUT2D eigenvalue weighted by atomic mass is 10.0. The van der Waals surface area contributed by atoms with E-state index in [0.29, 0.717) is 25.9 Å². The first-order chi connectivity index (χ1) is 11.0. The Bertz CT molecular complexity index is 587. The minimum atomic E-state index is -0.489. The molecule has 3 N–H and O–H groups in total. The summed E-state index contributed by atoms with van der Waals surface area (Å²) in [5.74, 6) is -0.266. The van der Waals surface area contributed by atoms with E-state index >= 15 is 0 Å². The molecule has 23 heavy (non-hydrogen) atoms. The zero-order chi connectivity index (χ0) is 16.4. The van der Waals surface area contributed by atoms with Gasteiger partial charge in [0.1, 0.15) is 6.04 Å². The number of nitrogens with zero attached hydrogens (tertiary/aromatic N) is 1. The van der Waals surface area contributed by atoms with Gasteiger partial charge in [-0.1, -0.05) is 17.7 Å². The Morgan fingerprint density at radius 2 is 2.09 bits per heavy atom. The van der Waals surface area contributed by atoms with Gasteiger partial charge < -0.3 is 20.6 Å². The van der Waals surface area contributed by atoms with E-state index in [1.54, 1.807) is 4.90 Å². The number of anilines is 1. The van der Waals surface area contributed by atoms with E-state index < -0.39 is 18.2 Å². The Hall–Kier alpha value is -1.92. The molecule has 6 heteroatoms. The van der Waals surface area contributed by atoms with Crippen molar-refractivity contribution in [3.8, 4) is 0 Å². The number of carbonyl (C=O) groups is 2. The zero-order valence-electron chi connectivity index (χ0n) is 13.3. The molecule has 0 bridgehead atoms. The zero-order valence-corrected chi connectivity index (χ0v) is 13.3. The van der Waals surface area contributed by atoms with Gasteiger partial charge in [-0.25, -0.2) is 0 Å². The predicted octanol–water partition coefficient (Wildman–Crippen LogP) is 0.329. The first-order valence-corrected chi connectivity index (χ1v) is 8.14. The average Bonchev–Trinajstić information content (AvgIpc) is 2.97. The third-order valence-corrected chi connectivity index (χ3v) is 4.52. The third-order valence-electron chi connectivity index (χ3n) is 4.52. The second kappa shape index (κ2) is 6.68. The molecular formula is C17H23N3O3. The number of carbonyl (C=O) groups excluding carboxylic acids is 2. The van der Waals surface area contributed by atoms with Crippen LogP contribution in [0.2, 0.25) is 0 Å². The molecule has 2 fully saturated rings. The van der Waals surface area contributed by atoms with Gasteiger partial charge in [0.25, 0.3) is 0 Å². The van der Waals surface area contributed by atoms with Crippen molar-refractivity contribution in [1.82, 2.24) is 10.6 Å². The predicted molar refractivity (Wildman–Crippen MR) is 87.1 cm³/mol. The summed E-state index contributed by atoms with van der Waals surface area (Å²) in [6.45, 7) is 3.11. The lowest BCUT2D eigenvalue weighted by Crippen LogP contribution is -2.55. The van der Waals surface area contributed by atoms with Crippen molar-refractivity contribution in [1.29, 1.82) is 0 Å². The number of hydrogen-bond donors (Lipinski definition) is 3. The fourth-order valence-electron chi connectivity index (χ4n) is 3.18. The Kier molecular flexibility index (Phi) is 4.63. The fourth-order valence-corrected chi connectivity index (χ4v) is 3.18. The normalized spacial score (nSPS) is 28.0. The molecular weight excluding hydrogens is 294 g/mol. The lowest BCUT2D eigenvalue weighted by Gasteiger charge is -2.33. The van der Waals surface area contributed by atoms with Gasteiger partial charge in [0.2, 0.25) is 11.8 Å². The van der Waals surface area contributed by atoms with Crippen LogP contribution in [-0.2, 0) is 9.59 Å². The number of hydrogen-bond acceptors (Lipinski definition) is 4. The summed E-state index contributed by atoms with van der Waals surface area (Å²) in [5.41, 5.74) is 2.02. The molecule has 1 aromatic carbocycles. The molecule has 0 aromatic heterocycles. The van der Waals surface area contributed by atoms with Gasteiger partial charge in [0, 0.05) is 18.8 Å². The highest BCUT2D eigenvalue weighted by Gasteiger charge is 2.34. The van der Waals surface area contributed by atoms with Crippen LogP contribution in [0.5, 0.6) is 0 Å². The maximum Gasteiger partial charge on any atom is 0.249 e. The van der Waals surface area contributed by atoms with Crippen LogP contribution in [0.15, 0.2) is 24.3 Å². The highest BCUT2D eigenvalue weighted by molar-refractivity contribution is 6.00. The number of nitrogens with one attached hydrogen (secondary N) is 2. The topological polar surface area (TPSA) is 81.7 Å². The molecule has 0 radical (unpaired) electrons. The third kappa shape index (κ3) is 3.54. The molecule has 2 heterocycles. The molecule has 0 saturated carbocycles. The van der Waals surface area contributed by atoms with Crippen LogP contribution in [0.4, 0.5) is 5.69 Å². The Morgan fingerprint density at radius 1 is 1.35 bits per heavy atom. The average molecular weight is 317 g/mol. The maximum absolute atomic E-state index is 12.7. The lowest BCUT2D eigenvalue weighted by molar-refractivity contribution is -0.129. The van der Waals surface area contributed by atoms with Crippen LogP contribution in [0.25, 0.3) is 0 Å². The number of rotatable bonds is 3. The summed E-state index contributed by atoms with van der Waals surface area (Å²) in [6, 6.07) is 6.94. The second-order valence-corrected chi connectivity index (χ2v) is 6.38. The van der Waals surface area contributed by atoms with E-state index in [2.05, 4.69) is 10.6 Å². The molecule has 3 atom stereocenters. The van der Waals surface area contributed by atoms with Gasteiger partial charge in [-0.3, -0.25) is 9.59 Å². The second-order valence-electron chi connectivity index (χ2n) is 6.38. The number of aryl methyl sites for hydroxylation is 1. The SMILES string of the molecule is Cc1ccc(N2CCCC(NC(=O)C3CC(O)CN3)C2=O)cc1. The monoisotopic (exact) mass is 317 g/mol. The molecule has 0 spiro atoms. The van der Waals surface area contributed by atoms with Crippen molar-refractivity contribution in [2.45, 2.75) is 44.4 Å². The number of β-amino-alcohol motifs (C(OH)–C–C–N with tert-alkyl or cyclic N) is 1. The standard InChI is InChI=1S/C17H23N3O3/c1-11-4-6-12(7-5-11)20-8-2-3-14(17(20)23)19-16(22)15-9-13(21)10-18-15/h4-7,13-15,18,21H,2-3,8-10H2,1H3,(H,19,22). The molecule has 2 amide bonds. The Labute approximate surface area is 135 Å². The van der Waals surface area contributed by atoms with Crippen LogP contribution in [-0.4, -0.2) is 48.2 Å². The van der Waals surface area contributed by atoms with Crippen molar-refractivity contribution >= 4 is 17.5 Å². The van der Waals surface area contributed by atoms with Crippen LogP contribution < -0.4 is 15.5 Å². The summed E-state index contributed by atoms with van der Waals surface area (Å²) < 4.78 is 0. The number of benzene rings is 1. The van der Waals surface area contributed by atoms with E-state index in [1.165, 1.54) is 0 Å². The van der Waals surface area contributed by atoms with Crippen LogP contribution >= 0.6 is 0 Å². The molecule has 2 aliphatic rings. The minimum absolute atomic E-state index is 0.0630. The van der Waals surface area contributed by atoms with Crippen LogP contribution in [0.3, 0.4) is 0 Å². The van der Waals surface area contributed by atoms with E-state index in [1.807, 2.05) is 31.2 Å². The number of aliphatic hydroxyl groups is 1. The molecule has 124 valence electrons. The van der Waals surface area contributed by atoms with E-state index in [0.717, 1.165) is 17.7 Å². The van der Waals surface area contributed by atoms with Crippen LogP contribution in [0.1, 0.15) is 24.8 Å². The number of amides is 2. The summed E-state index contributed by atoms with van der Waals surface area (Å²) in [7, 11) is 0. The van der Waals surface area contributed by atoms with E-state index in [4.69, 9.17) is 0 Å². The van der Waals surface area contributed by atoms with Crippen molar-refractivity contribution < 1.29 is 14.7 Å². The molecule has 3 unspecified atom stereocenters. The first kappa shape index (κ1) is 16.0. The quantitative estimate of drug-likeness (QED) is 0.750. The van der Waals surface area contributed by atoms with Crippen molar-refractivity contribution in [3.63, 3.8) is 0 Å². The summed E-state index contributed by atoms with van der Waals surface area (Å²) in [5, 5.41) is 15.3. The fraction of sp³-hybridized carbons (Fsp3) is 0.529. The Balaban J connectivity index is 1.65. The molecule has 1 aromatic rings. The number of aliphatic hydroxyl groups excluding tert-OH is 1. The van der Waals surface area contributed by atoms with Gasteiger partial charge >= 0.3 is 0 Å². The highest BCUT2D eigenvalue weighted by atomic mass is 16.3. The molecule has 3 rings (SSSR count). The Morgan fingerprint density at radius 3 is 2.74 bits per heavy atom. The molecule has 2 saturated heterocycles. The molecule has 2 aliphatic heterocycles. The van der Waals surface area contributed by atoms with Crippen molar-refractivity contribution in [2.24, 2.45) is 0 Å². The summed E-state index contributed by atoms with van der Waals surface area (Å²) >= 11 is 0. The van der Waals surface area contributed by atoms with Gasteiger partial charge in [-0.05, 0) is 38.3 Å². The van der Waals surface area contributed by atoms with Gasteiger partial charge in [0.05, 0.1) is 12.1 Å². The number of piperidine rings is 1. The minimum Gasteiger partial charge on any atom is -0.392 e. The van der Waals surface area contributed by atoms with E-state index in [9.17, 15) is 14.7 Å². The smallest absolute Gasteiger partial charge is 0.249 e. The maximum atomic E-state index is 12.7. The largest absolute Gasteiger partial charge is 0.392 e. The molecule has 0 aliphatic carbocycles. The van der Waals surface area contributed by atoms with Gasteiger partial charge in [-0.15, -0.1) is 0 Å². The van der Waals surface area contributed by atoms with Crippen LogP contribution in [0, 0.1) is 6.92 Å². The molecule has 6 nitrogen and oxygen atoms in total. The van der Waals surface area contributed by atoms with Gasteiger partial charge in [-0.2, -0.15) is 0 Å². The summed E-state index contributed by atoms with van der Waals surface area (Å²) in [6.07, 6.45) is 1.42.